The largest absolute Gasteiger partial charge is 0.494 e. The molecule has 23 heavy (non-hydrogen) atoms. The third-order valence-corrected chi connectivity index (χ3v) is 4.45. The first-order valence-corrected chi connectivity index (χ1v) is 7.95. The van der Waals surface area contributed by atoms with Crippen LogP contribution in [-0.4, -0.2) is 12.5 Å². The average molecular weight is 313 g/mol. The number of rotatable bonds is 5. The lowest BCUT2D eigenvalue weighted by Crippen LogP contribution is -2.46. The zero-order valence-corrected chi connectivity index (χ0v) is 13.1. The number of benzene rings is 2. The molecule has 2 aromatic rings. The van der Waals surface area contributed by atoms with Crippen molar-refractivity contribution in [3.8, 4) is 5.75 Å². The van der Waals surface area contributed by atoms with Crippen molar-refractivity contribution in [2.75, 3.05) is 11.9 Å². The Kier molecular flexibility index (Phi) is 4.33. The van der Waals surface area contributed by atoms with Crippen molar-refractivity contribution < 1.29 is 13.9 Å². The summed E-state index contributed by atoms with van der Waals surface area (Å²) >= 11 is 0. The maximum absolute atomic E-state index is 14.1. The van der Waals surface area contributed by atoms with E-state index in [9.17, 15) is 9.18 Å². The molecule has 1 N–H and O–H groups in total. The SMILES string of the molecule is CCOc1ccc(NC(=O)C2(c3ccccc3F)CCC2)cc1. The number of hydrogen-bond acceptors (Lipinski definition) is 2. The minimum Gasteiger partial charge on any atom is -0.494 e. The van der Waals surface area contributed by atoms with Gasteiger partial charge in [-0.15, -0.1) is 0 Å². The van der Waals surface area contributed by atoms with Crippen LogP contribution >= 0.6 is 0 Å². The van der Waals surface area contributed by atoms with E-state index in [0.717, 1.165) is 12.2 Å². The zero-order chi connectivity index (χ0) is 16.3. The van der Waals surface area contributed by atoms with Crippen molar-refractivity contribution in [2.24, 2.45) is 0 Å². The molecule has 0 unspecified atom stereocenters. The Labute approximate surface area is 135 Å². The molecule has 0 heterocycles. The molecule has 0 bridgehead atoms. The van der Waals surface area contributed by atoms with E-state index in [-0.39, 0.29) is 11.7 Å². The van der Waals surface area contributed by atoms with E-state index in [1.54, 1.807) is 30.3 Å². The summed E-state index contributed by atoms with van der Waals surface area (Å²) in [5, 5.41) is 2.92. The maximum atomic E-state index is 14.1. The zero-order valence-electron chi connectivity index (χ0n) is 13.1. The van der Waals surface area contributed by atoms with E-state index in [4.69, 9.17) is 4.74 Å². The average Bonchev–Trinajstić information content (AvgIpc) is 2.50. The topological polar surface area (TPSA) is 38.3 Å². The van der Waals surface area contributed by atoms with E-state index in [2.05, 4.69) is 5.32 Å². The number of carbonyl (C=O) groups is 1. The van der Waals surface area contributed by atoms with Gasteiger partial charge in [-0.25, -0.2) is 4.39 Å². The van der Waals surface area contributed by atoms with Gasteiger partial charge in [0.05, 0.1) is 12.0 Å². The summed E-state index contributed by atoms with van der Waals surface area (Å²) < 4.78 is 19.5. The summed E-state index contributed by atoms with van der Waals surface area (Å²) in [6.45, 7) is 2.52. The number of nitrogens with one attached hydrogen (secondary N) is 1. The summed E-state index contributed by atoms with van der Waals surface area (Å²) in [5.41, 5.74) is 0.444. The highest BCUT2D eigenvalue weighted by molar-refractivity contribution is 6.00. The van der Waals surface area contributed by atoms with Gasteiger partial charge >= 0.3 is 0 Å². The third-order valence-electron chi connectivity index (χ3n) is 4.45. The molecule has 0 saturated heterocycles. The Morgan fingerprint density at radius 2 is 1.87 bits per heavy atom. The molecule has 1 saturated carbocycles. The Bertz CT molecular complexity index is 693. The van der Waals surface area contributed by atoms with E-state index < -0.39 is 5.41 Å². The molecule has 0 radical (unpaired) electrons. The molecule has 3 nitrogen and oxygen atoms in total. The fourth-order valence-corrected chi connectivity index (χ4v) is 3.05. The fourth-order valence-electron chi connectivity index (χ4n) is 3.05. The second-order valence-corrected chi connectivity index (χ2v) is 5.83. The van der Waals surface area contributed by atoms with Crippen LogP contribution in [0.1, 0.15) is 31.7 Å². The highest BCUT2D eigenvalue weighted by atomic mass is 19.1. The van der Waals surface area contributed by atoms with Crippen LogP contribution < -0.4 is 10.1 Å². The van der Waals surface area contributed by atoms with Crippen molar-refractivity contribution >= 4 is 11.6 Å². The molecule has 0 atom stereocenters. The van der Waals surface area contributed by atoms with Crippen molar-refractivity contribution in [2.45, 2.75) is 31.6 Å². The Balaban J connectivity index is 1.80. The number of amides is 1. The first kappa shape index (κ1) is 15.5. The Hall–Kier alpha value is -2.36. The predicted octanol–water partition coefficient (Wildman–Crippen LogP) is 4.28. The van der Waals surface area contributed by atoms with Crippen LogP contribution in [0, 0.1) is 5.82 Å². The normalized spacial score (nSPS) is 15.6. The molecular weight excluding hydrogens is 293 g/mol. The second-order valence-electron chi connectivity index (χ2n) is 5.83. The van der Waals surface area contributed by atoms with Crippen molar-refractivity contribution in [1.82, 2.24) is 0 Å². The minimum absolute atomic E-state index is 0.141. The highest BCUT2D eigenvalue weighted by Gasteiger charge is 2.47. The lowest BCUT2D eigenvalue weighted by Gasteiger charge is -2.40. The molecule has 0 aromatic heterocycles. The van der Waals surface area contributed by atoms with Gasteiger partial charge in [-0.05, 0) is 50.1 Å². The first-order chi connectivity index (χ1) is 11.2. The molecule has 0 spiro atoms. The maximum Gasteiger partial charge on any atom is 0.235 e. The summed E-state index contributed by atoms with van der Waals surface area (Å²) in [6, 6.07) is 13.8. The molecule has 2 aromatic carbocycles. The van der Waals surface area contributed by atoms with Gasteiger partial charge in [-0.2, -0.15) is 0 Å². The monoisotopic (exact) mass is 313 g/mol. The van der Waals surface area contributed by atoms with Gasteiger partial charge in [-0.3, -0.25) is 4.79 Å². The van der Waals surface area contributed by atoms with Gasteiger partial charge in [-0.1, -0.05) is 24.6 Å². The lowest BCUT2D eigenvalue weighted by atomic mass is 9.63. The molecule has 3 rings (SSSR count). The van der Waals surface area contributed by atoms with Gasteiger partial charge in [0.25, 0.3) is 0 Å². The second kappa shape index (κ2) is 6.41. The summed E-state index contributed by atoms with van der Waals surface area (Å²) in [7, 11) is 0. The van der Waals surface area contributed by atoms with Crippen LogP contribution in [0.25, 0.3) is 0 Å². The minimum atomic E-state index is -0.746. The van der Waals surface area contributed by atoms with E-state index in [1.165, 1.54) is 6.07 Å². The Morgan fingerprint density at radius 1 is 1.17 bits per heavy atom. The van der Waals surface area contributed by atoms with Crippen LogP contribution in [0.3, 0.4) is 0 Å². The van der Waals surface area contributed by atoms with E-state index >= 15 is 0 Å². The molecule has 120 valence electrons. The number of halogens is 1. The van der Waals surface area contributed by atoms with E-state index in [0.29, 0.717) is 30.7 Å². The molecule has 1 aliphatic rings. The van der Waals surface area contributed by atoms with Gasteiger partial charge < -0.3 is 10.1 Å². The van der Waals surface area contributed by atoms with Crippen molar-refractivity contribution in [1.29, 1.82) is 0 Å². The molecule has 0 aliphatic heterocycles. The smallest absolute Gasteiger partial charge is 0.235 e. The highest BCUT2D eigenvalue weighted by Crippen LogP contribution is 2.45. The quantitative estimate of drug-likeness (QED) is 0.894. The van der Waals surface area contributed by atoms with Gasteiger partial charge in [0.15, 0.2) is 0 Å². The van der Waals surface area contributed by atoms with E-state index in [1.807, 2.05) is 19.1 Å². The summed E-state index contributed by atoms with van der Waals surface area (Å²) in [4.78, 5) is 12.8. The number of ether oxygens (including phenoxy) is 1. The molecule has 1 aliphatic carbocycles. The van der Waals surface area contributed by atoms with Crippen molar-refractivity contribution in [3.05, 3.63) is 59.9 Å². The number of anilines is 1. The molecular formula is C19H20FNO2. The number of hydrogen-bond donors (Lipinski definition) is 1. The van der Waals surface area contributed by atoms with Crippen LogP contribution in [0.4, 0.5) is 10.1 Å². The first-order valence-electron chi connectivity index (χ1n) is 7.95. The third kappa shape index (κ3) is 2.93. The Morgan fingerprint density at radius 3 is 2.43 bits per heavy atom. The van der Waals surface area contributed by atoms with Crippen LogP contribution in [0.2, 0.25) is 0 Å². The predicted molar refractivity (Wildman–Crippen MR) is 88.2 cm³/mol. The van der Waals surface area contributed by atoms with Crippen LogP contribution in [-0.2, 0) is 10.2 Å². The van der Waals surface area contributed by atoms with Crippen LogP contribution in [0.5, 0.6) is 5.75 Å². The fraction of sp³-hybridized carbons (Fsp3) is 0.316. The number of carbonyl (C=O) groups excluding carboxylic acids is 1. The van der Waals surface area contributed by atoms with Gasteiger partial charge in [0.1, 0.15) is 11.6 Å². The standard InChI is InChI=1S/C19H20FNO2/c1-2-23-15-10-8-14(9-11-15)21-18(22)19(12-5-13-19)16-6-3-4-7-17(16)20/h3-4,6-11H,2,5,12-13H2,1H3,(H,21,22). The summed E-state index contributed by atoms with van der Waals surface area (Å²) in [6.07, 6.45) is 2.29. The van der Waals surface area contributed by atoms with Crippen molar-refractivity contribution in [3.63, 3.8) is 0 Å². The summed E-state index contributed by atoms with van der Waals surface area (Å²) in [5.74, 6) is 0.310. The molecule has 1 amide bonds. The van der Waals surface area contributed by atoms with Gasteiger partial charge in [0.2, 0.25) is 5.91 Å². The molecule has 4 heteroatoms. The lowest BCUT2D eigenvalue weighted by molar-refractivity contribution is -0.124. The van der Waals surface area contributed by atoms with Gasteiger partial charge in [0, 0.05) is 11.3 Å². The molecule has 1 fully saturated rings. The van der Waals surface area contributed by atoms with Crippen LogP contribution in [0.15, 0.2) is 48.5 Å².